The zero-order chi connectivity index (χ0) is 9.26. The lowest BCUT2D eigenvalue weighted by Crippen LogP contribution is -2.16. The highest BCUT2D eigenvalue weighted by molar-refractivity contribution is 5.39. The molecule has 13 heavy (non-hydrogen) atoms. The van der Waals surface area contributed by atoms with E-state index in [0.717, 1.165) is 37.3 Å². The maximum Gasteiger partial charge on any atom is 0.225 e. The van der Waals surface area contributed by atoms with Gasteiger partial charge in [0.25, 0.3) is 0 Å². The zero-order valence-corrected chi connectivity index (χ0v) is 7.75. The van der Waals surface area contributed by atoms with E-state index in [9.17, 15) is 0 Å². The third-order valence-electron chi connectivity index (χ3n) is 2.54. The van der Waals surface area contributed by atoms with E-state index in [0.29, 0.717) is 11.8 Å². The molecule has 0 saturated carbocycles. The fourth-order valence-corrected chi connectivity index (χ4v) is 1.70. The molecule has 1 unspecified atom stereocenters. The third-order valence-corrected chi connectivity index (χ3v) is 2.54. The van der Waals surface area contributed by atoms with Crippen LogP contribution in [0.3, 0.4) is 0 Å². The molecular formula is C9H14N2O2. The average Bonchev–Trinajstić information content (AvgIpc) is 2.49. The van der Waals surface area contributed by atoms with E-state index >= 15 is 0 Å². The Hall–Kier alpha value is -1.03. The predicted molar refractivity (Wildman–Crippen MR) is 48.4 cm³/mol. The summed E-state index contributed by atoms with van der Waals surface area (Å²) in [5.74, 6) is 0.801. The molecule has 0 spiro atoms. The van der Waals surface area contributed by atoms with Gasteiger partial charge in [0.15, 0.2) is 0 Å². The Bertz CT molecular complexity index is 290. The molecule has 2 rings (SSSR count). The first kappa shape index (κ1) is 8.56. The van der Waals surface area contributed by atoms with Crippen molar-refractivity contribution in [1.82, 2.24) is 5.16 Å². The van der Waals surface area contributed by atoms with Gasteiger partial charge >= 0.3 is 0 Å². The van der Waals surface area contributed by atoms with Gasteiger partial charge in [0.1, 0.15) is 0 Å². The summed E-state index contributed by atoms with van der Waals surface area (Å²) in [4.78, 5) is 0. The van der Waals surface area contributed by atoms with E-state index in [-0.39, 0.29) is 0 Å². The van der Waals surface area contributed by atoms with Gasteiger partial charge in [-0.05, 0) is 19.8 Å². The second-order valence-corrected chi connectivity index (χ2v) is 3.47. The molecular weight excluding hydrogens is 168 g/mol. The Morgan fingerprint density at radius 1 is 1.54 bits per heavy atom. The molecule has 1 aliphatic rings. The van der Waals surface area contributed by atoms with Crippen LogP contribution < -0.4 is 5.73 Å². The zero-order valence-electron chi connectivity index (χ0n) is 7.75. The summed E-state index contributed by atoms with van der Waals surface area (Å²) in [5, 5.41) is 3.96. The molecule has 0 amide bonds. The number of anilines is 1. The van der Waals surface area contributed by atoms with Crippen LogP contribution in [0.1, 0.15) is 30.0 Å². The van der Waals surface area contributed by atoms with Crippen molar-refractivity contribution in [3.63, 3.8) is 0 Å². The van der Waals surface area contributed by atoms with Crippen LogP contribution in [-0.2, 0) is 4.74 Å². The van der Waals surface area contributed by atoms with Crippen LogP contribution in [0.2, 0.25) is 0 Å². The van der Waals surface area contributed by atoms with Crippen molar-refractivity contribution in [3.05, 3.63) is 11.3 Å². The highest BCUT2D eigenvalue weighted by atomic mass is 16.5. The predicted octanol–water partition coefficient (Wildman–Crippen LogP) is 1.46. The molecule has 0 radical (unpaired) electrons. The number of ether oxygens (including phenoxy) is 1. The number of hydrogen-bond acceptors (Lipinski definition) is 4. The summed E-state index contributed by atoms with van der Waals surface area (Å²) in [6, 6.07) is 0. The second-order valence-electron chi connectivity index (χ2n) is 3.47. The van der Waals surface area contributed by atoms with Crippen molar-refractivity contribution in [1.29, 1.82) is 0 Å². The minimum Gasteiger partial charge on any atom is -0.381 e. The Kier molecular flexibility index (Phi) is 2.22. The Labute approximate surface area is 77.0 Å². The molecule has 4 nitrogen and oxygen atoms in total. The highest BCUT2D eigenvalue weighted by Crippen LogP contribution is 2.29. The van der Waals surface area contributed by atoms with E-state index in [1.54, 1.807) is 0 Å². The van der Waals surface area contributed by atoms with E-state index in [1.807, 2.05) is 6.92 Å². The molecule has 1 aliphatic heterocycles. The summed E-state index contributed by atoms with van der Waals surface area (Å²) in [6.45, 7) is 3.55. The first-order valence-corrected chi connectivity index (χ1v) is 4.58. The Morgan fingerprint density at radius 3 is 2.92 bits per heavy atom. The minimum atomic E-state index is 0.370. The van der Waals surface area contributed by atoms with Crippen LogP contribution in [0.15, 0.2) is 4.52 Å². The molecule has 0 aliphatic carbocycles. The molecule has 1 fully saturated rings. The van der Waals surface area contributed by atoms with Gasteiger partial charge in [-0.2, -0.15) is 0 Å². The lowest BCUT2D eigenvalue weighted by atomic mass is 9.96. The molecule has 0 bridgehead atoms. The van der Waals surface area contributed by atoms with Crippen molar-refractivity contribution in [2.45, 2.75) is 25.7 Å². The summed E-state index contributed by atoms with van der Waals surface area (Å²) in [5.41, 5.74) is 7.52. The summed E-state index contributed by atoms with van der Waals surface area (Å²) >= 11 is 0. The topological polar surface area (TPSA) is 61.3 Å². The van der Waals surface area contributed by atoms with E-state index in [1.165, 1.54) is 0 Å². The number of rotatable bonds is 1. The van der Waals surface area contributed by atoms with Crippen molar-refractivity contribution < 1.29 is 9.26 Å². The van der Waals surface area contributed by atoms with E-state index in [2.05, 4.69) is 5.16 Å². The van der Waals surface area contributed by atoms with Crippen LogP contribution in [0.5, 0.6) is 0 Å². The van der Waals surface area contributed by atoms with Crippen LogP contribution in [0.4, 0.5) is 5.88 Å². The van der Waals surface area contributed by atoms with Crippen LogP contribution in [0.25, 0.3) is 0 Å². The highest BCUT2D eigenvalue weighted by Gasteiger charge is 2.22. The lowest BCUT2D eigenvalue weighted by Gasteiger charge is -2.20. The van der Waals surface area contributed by atoms with Gasteiger partial charge in [0, 0.05) is 18.1 Å². The molecule has 4 heteroatoms. The van der Waals surface area contributed by atoms with Crippen molar-refractivity contribution in [2.75, 3.05) is 18.9 Å². The molecule has 1 aromatic heterocycles. The molecule has 72 valence electrons. The first-order chi connectivity index (χ1) is 6.29. The average molecular weight is 182 g/mol. The van der Waals surface area contributed by atoms with Gasteiger partial charge in [0.2, 0.25) is 5.88 Å². The standard InChI is InChI=1S/C9H14N2O2/c1-6-8(11-13-9(6)10)7-3-2-4-12-5-7/h7H,2-5,10H2,1H3. The molecule has 1 atom stereocenters. The van der Waals surface area contributed by atoms with Crippen LogP contribution >= 0.6 is 0 Å². The monoisotopic (exact) mass is 182 g/mol. The van der Waals surface area contributed by atoms with Crippen molar-refractivity contribution >= 4 is 5.88 Å². The van der Waals surface area contributed by atoms with Gasteiger partial charge in [-0.25, -0.2) is 0 Å². The maximum absolute atomic E-state index is 5.58. The summed E-state index contributed by atoms with van der Waals surface area (Å²) < 4.78 is 10.3. The van der Waals surface area contributed by atoms with Gasteiger partial charge in [-0.15, -0.1) is 0 Å². The minimum absolute atomic E-state index is 0.370. The van der Waals surface area contributed by atoms with Gasteiger partial charge in [0.05, 0.1) is 12.3 Å². The molecule has 2 heterocycles. The largest absolute Gasteiger partial charge is 0.381 e. The number of nitrogens with zero attached hydrogens (tertiary/aromatic N) is 1. The molecule has 0 aromatic carbocycles. The SMILES string of the molecule is Cc1c(C2CCCOC2)noc1N. The fraction of sp³-hybridized carbons (Fsp3) is 0.667. The smallest absolute Gasteiger partial charge is 0.225 e. The number of hydrogen-bond donors (Lipinski definition) is 1. The van der Waals surface area contributed by atoms with E-state index < -0.39 is 0 Å². The third kappa shape index (κ3) is 1.54. The molecule has 1 aromatic rings. The van der Waals surface area contributed by atoms with Crippen molar-refractivity contribution in [2.24, 2.45) is 0 Å². The number of nitrogen functional groups attached to an aromatic ring is 1. The van der Waals surface area contributed by atoms with Gasteiger partial charge in [-0.1, -0.05) is 5.16 Å². The molecule has 1 saturated heterocycles. The summed E-state index contributed by atoms with van der Waals surface area (Å²) in [6.07, 6.45) is 2.21. The summed E-state index contributed by atoms with van der Waals surface area (Å²) in [7, 11) is 0. The number of aromatic nitrogens is 1. The molecule has 2 N–H and O–H groups in total. The Morgan fingerprint density at radius 2 is 2.38 bits per heavy atom. The quantitative estimate of drug-likeness (QED) is 0.714. The van der Waals surface area contributed by atoms with E-state index in [4.69, 9.17) is 15.0 Å². The fourth-order valence-electron chi connectivity index (χ4n) is 1.70. The Balaban J connectivity index is 2.18. The van der Waals surface area contributed by atoms with Gasteiger partial charge < -0.3 is 15.0 Å². The first-order valence-electron chi connectivity index (χ1n) is 4.58. The van der Waals surface area contributed by atoms with Gasteiger partial charge in [-0.3, -0.25) is 0 Å². The normalized spacial score (nSPS) is 23.3. The van der Waals surface area contributed by atoms with Crippen LogP contribution in [-0.4, -0.2) is 18.4 Å². The van der Waals surface area contributed by atoms with Crippen molar-refractivity contribution in [3.8, 4) is 0 Å². The maximum atomic E-state index is 5.58. The number of nitrogens with two attached hydrogens (primary N) is 1. The lowest BCUT2D eigenvalue weighted by molar-refractivity contribution is 0.0782. The second kappa shape index (κ2) is 3.38. The van der Waals surface area contributed by atoms with Crippen LogP contribution in [0, 0.1) is 6.92 Å².